The van der Waals surface area contributed by atoms with E-state index in [0.29, 0.717) is 11.1 Å². The number of rotatable bonds is 3. The first kappa shape index (κ1) is 23.8. The van der Waals surface area contributed by atoms with Crippen LogP contribution in [-0.2, 0) is 0 Å². The normalized spacial score (nSPS) is 11.3. The van der Waals surface area contributed by atoms with Gasteiger partial charge < -0.3 is 8.98 Å². The zero-order chi connectivity index (χ0) is 28.2. The summed E-state index contributed by atoms with van der Waals surface area (Å²) in [6, 6.07) is 47.4. The number of furan rings is 1. The Bertz CT molecular complexity index is 2490. The molecule has 0 N–H and O–H groups in total. The zero-order valence-electron chi connectivity index (χ0n) is 22.4. The van der Waals surface area contributed by atoms with Gasteiger partial charge in [0.1, 0.15) is 11.2 Å². The molecule has 8 rings (SSSR count). The third-order valence-electron chi connectivity index (χ3n) is 8.01. The van der Waals surface area contributed by atoms with Gasteiger partial charge in [0, 0.05) is 42.9 Å². The van der Waals surface area contributed by atoms with Crippen molar-refractivity contribution in [3.05, 3.63) is 139 Å². The minimum absolute atomic E-state index is 0. The molecule has 42 heavy (non-hydrogen) atoms. The Morgan fingerprint density at radius 2 is 1.19 bits per heavy atom. The minimum Gasteiger partial charge on any atom is -0.456 e. The van der Waals surface area contributed by atoms with Crippen LogP contribution in [0.1, 0.15) is 26.8 Å². The molecule has 0 aliphatic carbocycles. The monoisotopic (exact) mass is 557 g/mol. The fourth-order valence-electron chi connectivity index (χ4n) is 6.08. The predicted octanol–water partition coefficient (Wildman–Crippen LogP) is 12.5. The van der Waals surface area contributed by atoms with Gasteiger partial charge in [-0.2, -0.15) is 10.5 Å². The summed E-state index contributed by atoms with van der Waals surface area (Å²) in [6.45, 7) is 0. The van der Waals surface area contributed by atoms with E-state index in [1.165, 1.54) is 0 Å². The van der Waals surface area contributed by atoms with Crippen molar-refractivity contribution in [3.63, 3.8) is 0 Å². The van der Waals surface area contributed by atoms with Crippen LogP contribution in [0, 0.1) is 22.7 Å². The number of hydrogen-bond acceptors (Lipinski definition) is 3. The molecule has 0 spiro atoms. The lowest BCUT2D eigenvalue weighted by Crippen LogP contribution is -1.96. The van der Waals surface area contributed by atoms with Gasteiger partial charge in [-0.3, -0.25) is 0 Å². The predicted molar refractivity (Wildman–Crippen MR) is 192 cm³/mol. The summed E-state index contributed by atoms with van der Waals surface area (Å²) in [7, 11) is 0. The van der Waals surface area contributed by atoms with Gasteiger partial charge in [-0.1, -0.05) is 60.7 Å². The molecule has 216 valence electrons. The Hall–Kier alpha value is -6.10. The largest absolute Gasteiger partial charge is 0.456 e. The summed E-state index contributed by atoms with van der Waals surface area (Å²) >= 11 is 0. The topological polar surface area (TPSA) is 65.7 Å². The number of nitrogens with zero attached hydrogens (tertiary/aromatic N) is 3. The number of hydrogen-bond donors (Lipinski definition) is 0. The van der Waals surface area contributed by atoms with Crippen molar-refractivity contribution in [1.29, 1.82) is 10.5 Å². The molecule has 0 fully saturated rings. The fourth-order valence-corrected chi connectivity index (χ4v) is 6.08. The van der Waals surface area contributed by atoms with Crippen LogP contribution in [0.5, 0.6) is 0 Å². The van der Waals surface area contributed by atoms with Gasteiger partial charge >= 0.3 is 0 Å². The first-order valence-electron chi connectivity index (χ1n) is 13.7. The van der Waals surface area contributed by atoms with Crippen LogP contribution in [0.25, 0.3) is 71.7 Å². The second-order valence-corrected chi connectivity index (χ2v) is 10.5. The van der Waals surface area contributed by atoms with Gasteiger partial charge in [0.25, 0.3) is 0 Å². The lowest BCUT2D eigenvalue weighted by Gasteiger charge is -2.12. The molecular weight excluding hydrogens is 514 g/mol. The Kier molecular flexibility index (Phi) is 5.22. The van der Waals surface area contributed by atoms with Gasteiger partial charge in [-0.15, -0.1) is 0 Å². The van der Waals surface area contributed by atoms with Crippen LogP contribution in [0.15, 0.2) is 132 Å². The van der Waals surface area contributed by atoms with Crippen LogP contribution >= 0.6 is 0 Å². The van der Waals surface area contributed by atoms with Crippen LogP contribution < -0.4 is 0 Å². The average molecular weight is 558 g/mol. The molecule has 2 aromatic heterocycles. The molecule has 0 unspecified atom stereocenters. The van der Waals surface area contributed by atoms with E-state index in [1.54, 1.807) is 0 Å². The van der Waals surface area contributed by atoms with Crippen LogP contribution in [0.3, 0.4) is 0 Å². The first-order valence-corrected chi connectivity index (χ1v) is 13.7. The van der Waals surface area contributed by atoms with Crippen molar-refractivity contribution in [2.24, 2.45) is 0 Å². The Morgan fingerprint density at radius 1 is 0.476 bits per heavy atom. The third kappa shape index (κ3) is 3.68. The number of nitriles is 2. The van der Waals surface area contributed by atoms with Crippen LogP contribution in [0.2, 0.25) is 0 Å². The van der Waals surface area contributed by atoms with Crippen LogP contribution in [-0.4, -0.2) is 4.57 Å². The molecule has 0 aliphatic heterocycles. The maximum Gasteiger partial charge on any atom is 0.135 e. The van der Waals surface area contributed by atoms with E-state index >= 15 is 0 Å². The van der Waals surface area contributed by atoms with E-state index in [-0.39, 0.29) is 15.7 Å². The second-order valence-electron chi connectivity index (χ2n) is 10.5. The van der Waals surface area contributed by atoms with E-state index in [1.807, 2.05) is 66.7 Å². The standard InChI is InChI=1S/C38H21N3O.11H2/c39-22-24-12-14-36-33(18-24)31-8-1-3-10-35(31)41(36)30-17-25(23-40)16-29(20-30)27-7-5-6-26(19-27)28-13-15-38-34(21-28)32-9-2-4-11-37(32)42-38;;;;;;;;;;;/h1-21H;11*1H. The molecule has 4 nitrogen and oxygen atoms in total. The smallest absolute Gasteiger partial charge is 0.135 e. The molecule has 2 heterocycles. The number of fused-ring (bicyclic) bond motifs is 6. The van der Waals surface area contributed by atoms with Crippen molar-refractivity contribution < 1.29 is 20.1 Å². The summed E-state index contributed by atoms with van der Waals surface area (Å²) in [5.74, 6) is 0. The van der Waals surface area contributed by atoms with E-state index in [4.69, 9.17) is 4.42 Å². The minimum atomic E-state index is 0. The number of para-hydroxylation sites is 2. The van der Waals surface area contributed by atoms with Gasteiger partial charge in [0.05, 0.1) is 34.3 Å². The van der Waals surface area contributed by atoms with Gasteiger partial charge in [0.15, 0.2) is 0 Å². The highest BCUT2D eigenvalue weighted by atomic mass is 16.3. The Balaban J connectivity index is -0.00000109. The molecule has 0 aliphatic rings. The first-order chi connectivity index (χ1) is 20.7. The molecule has 0 radical (unpaired) electrons. The highest BCUT2D eigenvalue weighted by molar-refractivity contribution is 6.10. The van der Waals surface area contributed by atoms with Crippen molar-refractivity contribution in [2.45, 2.75) is 0 Å². The molecule has 0 amide bonds. The van der Waals surface area contributed by atoms with Gasteiger partial charge in [-0.25, -0.2) is 0 Å². The third-order valence-corrected chi connectivity index (χ3v) is 8.01. The summed E-state index contributed by atoms with van der Waals surface area (Å²) in [5.41, 5.74) is 10.0. The maximum atomic E-state index is 10.0. The molecule has 0 saturated carbocycles. The Morgan fingerprint density at radius 3 is 2.05 bits per heavy atom. The molecule has 4 heteroatoms. The van der Waals surface area contributed by atoms with E-state index < -0.39 is 0 Å². The second kappa shape index (κ2) is 9.24. The lowest BCUT2D eigenvalue weighted by molar-refractivity contribution is 0.669. The van der Waals surface area contributed by atoms with Crippen molar-refractivity contribution in [1.82, 2.24) is 4.57 Å². The van der Waals surface area contributed by atoms with Gasteiger partial charge in [-0.05, 0) is 89.0 Å². The summed E-state index contributed by atoms with van der Waals surface area (Å²) in [4.78, 5) is 0. The molecular formula is C38H43N3O. The van der Waals surface area contributed by atoms with E-state index in [0.717, 1.165) is 71.7 Å². The fraction of sp³-hybridized carbons (Fsp3) is 0. The summed E-state index contributed by atoms with van der Waals surface area (Å²) < 4.78 is 8.21. The molecule has 0 atom stereocenters. The summed E-state index contributed by atoms with van der Waals surface area (Å²) in [5, 5.41) is 23.8. The molecule has 8 aromatic rings. The number of aromatic nitrogens is 1. The van der Waals surface area contributed by atoms with Gasteiger partial charge in [0.2, 0.25) is 0 Å². The SMILES string of the molecule is N#Cc1cc(-c2cccc(-c3ccc4oc5ccccc5c4c3)c2)cc(-n2c3ccccc3c3cc(C#N)ccc32)c1.[HH].[HH].[HH].[HH].[HH].[HH].[HH].[HH].[HH].[HH].[HH]. The quantitative estimate of drug-likeness (QED) is 0.217. The van der Waals surface area contributed by atoms with Crippen molar-refractivity contribution in [3.8, 4) is 40.1 Å². The molecule has 0 bridgehead atoms. The Labute approximate surface area is 257 Å². The highest BCUT2D eigenvalue weighted by Crippen LogP contribution is 2.36. The lowest BCUT2D eigenvalue weighted by atomic mass is 9.96. The maximum absolute atomic E-state index is 10.0. The van der Waals surface area contributed by atoms with Crippen molar-refractivity contribution >= 4 is 43.7 Å². The average Bonchev–Trinajstić information content (AvgIpc) is 3.59. The van der Waals surface area contributed by atoms with Crippen LogP contribution in [0.4, 0.5) is 0 Å². The molecule has 0 saturated heterocycles. The van der Waals surface area contributed by atoms with E-state index in [2.05, 4.69) is 77.4 Å². The molecule has 6 aromatic carbocycles. The number of benzene rings is 6. The summed E-state index contributed by atoms with van der Waals surface area (Å²) in [6.07, 6.45) is 0. The van der Waals surface area contributed by atoms with E-state index in [9.17, 15) is 10.5 Å². The van der Waals surface area contributed by atoms with Crippen molar-refractivity contribution in [2.75, 3.05) is 0 Å². The highest BCUT2D eigenvalue weighted by Gasteiger charge is 2.15. The zero-order valence-corrected chi connectivity index (χ0v) is 22.4.